The van der Waals surface area contributed by atoms with E-state index in [1.165, 1.54) is 17.8 Å². The number of carboxylic acid groups (broad SMARTS) is 1. The largest absolute Gasteiger partial charge is 1.00 e. The number of hydrogen-bond acceptors (Lipinski definition) is 4. The van der Waals surface area contributed by atoms with Gasteiger partial charge in [0.05, 0.1) is 12.5 Å². The number of aliphatic carboxylic acids is 1. The van der Waals surface area contributed by atoms with Gasteiger partial charge in [0.15, 0.2) is 5.69 Å². The van der Waals surface area contributed by atoms with Crippen LogP contribution in [0.5, 0.6) is 5.75 Å². The number of amides is 2. The minimum atomic E-state index is -1.11. The molecule has 4 N–H and O–H groups in total. The third kappa shape index (κ3) is 6.87. The summed E-state index contributed by atoms with van der Waals surface area (Å²) in [6.07, 6.45) is 1.60. The first-order valence-electron chi connectivity index (χ1n) is 10.2. The number of nitrogens with one attached hydrogen (secondary N) is 2. The van der Waals surface area contributed by atoms with Crippen LogP contribution in [0.3, 0.4) is 0 Å². The summed E-state index contributed by atoms with van der Waals surface area (Å²) in [6, 6.07) is 12.9. The molecule has 2 amide bonds. The molecule has 0 saturated heterocycles. The zero-order valence-corrected chi connectivity index (χ0v) is 21.9. The molecule has 0 saturated carbocycles. The van der Waals surface area contributed by atoms with Crippen molar-refractivity contribution in [3.8, 4) is 5.75 Å². The second-order valence-corrected chi connectivity index (χ2v) is 8.12. The van der Waals surface area contributed by atoms with E-state index in [1.807, 2.05) is 24.3 Å². The van der Waals surface area contributed by atoms with E-state index >= 15 is 0 Å². The third-order valence-corrected chi connectivity index (χ3v) is 5.53. The third-order valence-electron chi connectivity index (χ3n) is 5.16. The maximum Gasteiger partial charge on any atom is 1.00 e. The number of carbonyl (C=O) groups excluding carboxylic acids is 1. The standard InChI is InChI=1S/C24H24ClN3O5.Na.H/c1-14-13-28(2)23(32)21(22(14)31)27-24(33)26-19(12-20(29)30)17-8-5-6-15(11-17)10-16-7-3-4-9-18(16)25;;/h3-9,11,13,19,31H,10,12H2,1-2H3,(H,29,30)(H2,26,27,33);;/q;+1;-1. The fraction of sp³-hybridized carbons (Fsp3) is 0.208. The molecule has 0 aliphatic rings. The first-order chi connectivity index (χ1) is 15.7. The Hall–Kier alpha value is -2.78. The number of aromatic hydroxyl groups is 1. The van der Waals surface area contributed by atoms with Gasteiger partial charge in [-0.05, 0) is 36.1 Å². The number of hydrogen-bond donors (Lipinski definition) is 4. The topological polar surface area (TPSA) is 121 Å². The summed E-state index contributed by atoms with van der Waals surface area (Å²) >= 11 is 6.25. The molecule has 0 radical (unpaired) electrons. The Morgan fingerprint density at radius 2 is 1.88 bits per heavy atom. The van der Waals surface area contributed by atoms with Gasteiger partial charge in [-0.25, -0.2) is 4.79 Å². The van der Waals surface area contributed by atoms with Gasteiger partial charge in [0.1, 0.15) is 5.75 Å². The van der Waals surface area contributed by atoms with Gasteiger partial charge in [-0.2, -0.15) is 0 Å². The van der Waals surface area contributed by atoms with E-state index in [-0.39, 0.29) is 48.8 Å². The summed E-state index contributed by atoms with van der Waals surface area (Å²) in [7, 11) is 1.50. The fourth-order valence-electron chi connectivity index (χ4n) is 3.51. The van der Waals surface area contributed by atoms with Crippen LogP contribution in [0, 0.1) is 6.92 Å². The van der Waals surface area contributed by atoms with Crippen molar-refractivity contribution in [2.24, 2.45) is 7.05 Å². The van der Waals surface area contributed by atoms with Crippen LogP contribution in [-0.2, 0) is 18.3 Å². The summed E-state index contributed by atoms with van der Waals surface area (Å²) in [5, 5.41) is 25.1. The molecular weight excluding hydrogens is 469 g/mol. The van der Waals surface area contributed by atoms with E-state index in [1.54, 1.807) is 31.2 Å². The van der Waals surface area contributed by atoms with Crippen molar-refractivity contribution >= 4 is 29.3 Å². The van der Waals surface area contributed by atoms with Gasteiger partial charge in [0, 0.05) is 23.8 Å². The number of aryl methyl sites for hydroxylation is 2. The average Bonchev–Trinajstić information content (AvgIpc) is 2.76. The van der Waals surface area contributed by atoms with E-state index in [0.717, 1.165) is 11.1 Å². The Morgan fingerprint density at radius 1 is 1.18 bits per heavy atom. The molecule has 174 valence electrons. The number of aromatic nitrogens is 1. The number of halogens is 1. The van der Waals surface area contributed by atoms with Crippen LogP contribution >= 0.6 is 11.6 Å². The van der Waals surface area contributed by atoms with Crippen LogP contribution in [-0.4, -0.2) is 26.8 Å². The van der Waals surface area contributed by atoms with Crippen LogP contribution < -0.4 is 45.8 Å². The number of nitrogens with zero attached hydrogens (tertiary/aromatic N) is 1. The van der Waals surface area contributed by atoms with Crippen LogP contribution in [0.2, 0.25) is 5.02 Å². The predicted octanol–water partition coefficient (Wildman–Crippen LogP) is 1.10. The van der Waals surface area contributed by atoms with E-state index in [0.29, 0.717) is 22.6 Å². The summed E-state index contributed by atoms with van der Waals surface area (Å²) in [5.41, 5.74) is 1.92. The molecule has 1 aromatic heterocycles. The molecule has 1 atom stereocenters. The van der Waals surface area contributed by atoms with Gasteiger partial charge in [0.25, 0.3) is 5.56 Å². The molecule has 34 heavy (non-hydrogen) atoms. The molecule has 0 fully saturated rings. The molecule has 3 aromatic rings. The molecule has 3 rings (SSSR count). The van der Waals surface area contributed by atoms with Crippen molar-refractivity contribution in [2.45, 2.75) is 25.8 Å². The molecule has 10 heteroatoms. The Labute approximate surface area is 225 Å². The second-order valence-electron chi connectivity index (χ2n) is 7.71. The molecule has 8 nitrogen and oxygen atoms in total. The van der Waals surface area contributed by atoms with Crippen molar-refractivity contribution in [1.29, 1.82) is 0 Å². The minimum Gasteiger partial charge on any atom is -1.00 e. The number of rotatable bonds is 7. The van der Waals surface area contributed by atoms with Crippen molar-refractivity contribution < 1.29 is 50.8 Å². The number of carboxylic acids is 1. The Balaban J connectivity index is 0.00000306. The maximum absolute atomic E-state index is 12.6. The van der Waals surface area contributed by atoms with Crippen LogP contribution in [0.25, 0.3) is 0 Å². The summed E-state index contributed by atoms with van der Waals surface area (Å²) in [5.74, 6) is -1.45. The van der Waals surface area contributed by atoms with Gasteiger partial charge in [-0.3, -0.25) is 9.59 Å². The van der Waals surface area contributed by atoms with E-state index in [2.05, 4.69) is 10.6 Å². The number of pyridine rings is 1. The van der Waals surface area contributed by atoms with Crippen LogP contribution in [0.15, 0.2) is 59.5 Å². The van der Waals surface area contributed by atoms with Crippen molar-refractivity contribution in [3.05, 3.63) is 92.4 Å². The summed E-state index contributed by atoms with van der Waals surface area (Å²) in [6.45, 7) is 1.59. The summed E-state index contributed by atoms with van der Waals surface area (Å²) < 4.78 is 1.23. The molecule has 0 aliphatic heterocycles. The normalized spacial score (nSPS) is 11.3. The molecule has 1 heterocycles. The fourth-order valence-corrected chi connectivity index (χ4v) is 3.72. The maximum atomic E-state index is 12.6. The van der Waals surface area contributed by atoms with Gasteiger partial charge >= 0.3 is 41.6 Å². The molecule has 1 unspecified atom stereocenters. The first-order valence-corrected chi connectivity index (χ1v) is 10.5. The summed E-state index contributed by atoms with van der Waals surface area (Å²) in [4.78, 5) is 36.4. The number of anilines is 1. The SMILES string of the molecule is Cc1cn(C)c(=O)c(NC(=O)NC(CC(=O)O)c2cccc(Cc3ccccc3Cl)c2)c1O.[H-].[Na+]. The molecule has 0 bridgehead atoms. The number of urea groups is 1. The zero-order chi connectivity index (χ0) is 24.1. The number of benzene rings is 2. The monoisotopic (exact) mass is 493 g/mol. The first kappa shape index (κ1) is 27.5. The number of carbonyl (C=O) groups is 2. The molecule has 2 aromatic carbocycles. The van der Waals surface area contributed by atoms with Gasteiger partial charge in [0.2, 0.25) is 0 Å². The second kappa shape index (κ2) is 12.1. The Bertz CT molecular complexity index is 1270. The Kier molecular flexibility index (Phi) is 9.76. The minimum absolute atomic E-state index is 0. The quantitative estimate of drug-likeness (QED) is 0.367. The van der Waals surface area contributed by atoms with E-state index < -0.39 is 23.6 Å². The average molecular weight is 494 g/mol. The molecule has 0 spiro atoms. The molecular formula is C24H25ClN3NaO5. The van der Waals surface area contributed by atoms with Crippen molar-refractivity contribution in [1.82, 2.24) is 9.88 Å². The van der Waals surface area contributed by atoms with Crippen molar-refractivity contribution in [2.75, 3.05) is 5.32 Å². The Morgan fingerprint density at radius 3 is 2.56 bits per heavy atom. The van der Waals surface area contributed by atoms with Gasteiger partial charge < -0.3 is 26.8 Å². The molecule has 0 aliphatic carbocycles. The van der Waals surface area contributed by atoms with Gasteiger partial charge in [-0.15, -0.1) is 0 Å². The van der Waals surface area contributed by atoms with Crippen LogP contribution in [0.1, 0.15) is 36.1 Å². The van der Waals surface area contributed by atoms with Gasteiger partial charge in [-0.1, -0.05) is 54.1 Å². The van der Waals surface area contributed by atoms with Crippen molar-refractivity contribution in [3.63, 3.8) is 0 Å². The zero-order valence-electron chi connectivity index (χ0n) is 20.1. The van der Waals surface area contributed by atoms with Crippen LogP contribution in [0.4, 0.5) is 10.5 Å². The smallest absolute Gasteiger partial charge is 1.00 e. The van der Waals surface area contributed by atoms with E-state index in [4.69, 9.17) is 11.6 Å². The predicted molar refractivity (Wildman–Crippen MR) is 127 cm³/mol. The van der Waals surface area contributed by atoms with E-state index in [9.17, 15) is 24.6 Å².